The van der Waals surface area contributed by atoms with Crippen LogP contribution in [0.15, 0.2) is 0 Å². The van der Waals surface area contributed by atoms with Gasteiger partial charge in [0, 0.05) is 6.04 Å². The molecule has 0 saturated heterocycles. The van der Waals surface area contributed by atoms with Gasteiger partial charge in [0.15, 0.2) is 0 Å². The van der Waals surface area contributed by atoms with Gasteiger partial charge in [-0.1, -0.05) is 32.6 Å². The predicted molar refractivity (Wildman–Crippen MR) is 77.6 cm³/mol. The van der Waals surface area contributed by atoms with E-state index in [1.807, 2.05) is 0 Å². The highest BCUT2D eigenvalue weighted by Crippen LogP contribution is 2.47. The van der Waals surface area contributed by atoms with Crippen molar-refractivity contribution in [1.82, 2.24) is 5.32 Å². The predicted octanol–water partition coefficient (Wildman–Crippen LogP) is 4.37. The molecule has 1 N–H and O–H groups in total. The number of hydrogen-bond acceptors (Lipinski definition) is 1. The van der Waals surface area contributed by atoms with Crippen molar-refractivity contribution in [2.75, 3.05) is 6.54 Å². The topological polar surface area (TPSA) is 12.0 Å². The zero-order valence-corrected chi connectivity index (χ0v) is 12.2. The summed E-state index contributed by atoms with van der Waals surface area (Å²) in [4.78, 5) is 0. The first kappa shape index (κ1) is 13.0. The number of nitrogens with one attached hydrogen (secondary N) is 1. The van der Waals surface area contributed by atoms with Crippen LogP contribution in [0, 0.1) is 23.7 Å². The monoisotopic (exact) mass is 249 g/mol. The molecule has 0 spiro atoms. The zero-order valence-electron chi connectivity index (χ0n) is 12.2. The van der Waals surface area contributed by atoms with E-state index in [-0.39, 0.29) is 0 Å². The van der Waals surface area contributed by atoms with E-state index in [9.17, 15) is 0 Å². The molecule has 3 aliphatic rings. The van der Waals surface area contributed by atoms with Crippen molar-refractivity contribution in [3.8, 4) is 0 Å². The first-order chi connectivity index (χ1) is 8.88. The van der Waals surface area contributed by atoms with Gasteiger partial charge in [0.05, 0.1) is 0 Å². The SMILES string of the molecule is CCCNC(C1CC1)C1CCC2CCCCC2C1. The molecule has 0 heterocycles. The summed E-state index contributed by atoms with van der Waals surface area (Å²) < 4.78 is 0. The van der Waals surface area contributed by atoms with Gasteiger partial charge < -0.3 is 5.32 Å². The number of rotatable bonds is 5. The van der Waals surface area contributed by atoms with Gasteiger partial charge in [-0.2, -0.15) is 0 Å². The van der Waals surface area contributed by atoms with Crippen LogP contribution in [0.1, 0.15) is 71.1 Å². The molecular formula is C17H31N. The second-order valence-corrected chi connectivity index (χ2v) is 7.20. The maximum atomic E-state index is 3.90. The third kappa shape index (κ3) is 2.92. The maximum Gasteiger partial charge on any atom is 0.0124 e. The summed E-state index contributed by atoms with van der Waals surface area (Å²) in [7, 11) is 0. The van der Waals surface area contributed by atoms with Gasteiger partial charge in [0.2, 0.25) is 0 Å². The first-order valence-corrected chi connectivity index (χ1v) is 8.62. The highest BCUT2D eigenvalue weighted by atomic mass is 14.9. The van der Waals surface area contributed by atoms with Crippen LogP contribution < -0.4 is 5.32 Å². The smallest absolute Gasteiger partial charge is 0.0124 e. The summed E-state index contributed by atoms with van der Waals surface area (Å²) in [6, 6.07) is 0.882. The van der Waals surface area contributed by atoms with Crippen LogP contribution in [-0.4, -0.2) is 12.6 Å². The fraction of sp³-hybridized carbons (Fsp3) is 1.00. The van der Waals surface area contributed by atoms with Crippen LogP contribution in [-0.2, 0) is 0 Å². The third-order valence-electron chi connectivity index (χ3n) is 5.85. The lowest BCUT2D eigenvalue weighted by Gasteiger charge is -2.42. The Balaban J connectivity index is 1.57. The molecule has 4 atom stereocenters. The van der Waals surface area contributed by atoms with Gasteiger partial charge in [0.1, 0.15) is 0 Å². The van der Waals surface area contributed by atoms with Crippen LogP contribution in [0.25, 0.3) is 0 Å². The summed E-state index contributed by atoms with van der Waals surface area (Å²) in [5.74, 6) is 4.27. The fourth-order valence-corrected chi connectivity index (χ4v) is 4.72. The molecule has 0 aromatic rings. The largest absolute Gasteiger partial charge is 0.313 e. The Labute approximate surface area is 113 Å². The summed E-state index contributed by atoms with van der Waals surface area (Å²) in [5, 5.41) is 3.90. The van der Waals surface area contributed by atoms with Gasteiger partial charge in [-0.05, 0) is 68.7 Å². The molecule has 0 amide bonds. The molecule has 3 fully saturated rings. The van der Waals surface area contributed by atoms with Crippen molar-refractivity contribution in [2.24, 2.45) is 23.7 Å². The summed E-state index contributed by atoms with van der Waals surface area (Å²) in [6.45, 7) is 3.54. The van der Waals surface area contributed by atoms with E-state index >= 15 is 0 Å². The van der Waals surface area contributed by atoms with Crippen LogP contribution in [0.4, 0.5) is 0 Å². The summed E-state index contributed by atoms with van der Waals surface area (Å²) in [6.07, 6.45) is 15.1. The Morgan fingerprint density at radius 3 is 2.33 bits per heavy atom. The second-order valence-electron chi connectivity index (χ2n) is 7.20. The van der Waals surface area contributed by atoms with Crippen LogP contribution in [0.2, 0.25) is 0 Å². The average molecular weight is 249 g/mol. The van der Waals surface area contributed by atoms with Crippen LogP contribution in [0.3, 0.4) is 0 Å². The maximum absolute atomic E-state index is 3.90. The lowest BCUT2D eigenvalue weighted by molar-refractivity contribution is 0.104. The summed E-state index contributed by atoms with van der Waals surface area (Å²) in [5.41, 5.74) is 0. The first-order valence-electron chi connectivity index (χ1n) is 8.62. The van der Waals surface area contributed by atoms with Crippen LogP contribution >= 0.6 is 0 Å². The molecule has 104 valence electrons. The van der Waals surface area contributed by atoms with E-state index in [4.69, 9.17) is 0 Å². The lowest BCUT2D eigenvalue weighted by atomic mass is 9.65. The lowest BCUT2D eigenvalue weighted by Crippen LogP contribution is -2.42. The van der Waals surface area contributed by atoms with Crippen LogP contribution in [0.5, 0.6) is 0 Å². The molecule has 3 rings (SSSR count). The van der Waals surface area contributed by atoms with Crippen molar-refractivity contribution in [3.63, 3.8) is 0 Å². The molecule has 4 unspecified atom stereocenters. The fourth-order valence-electron chi connectivity index (χ4n) is 4.72. The number of fused-ring (bicyclic) bond motifs is 1. The molecule has 0 aromatic carbocycles. The minimum absolute atomic E-state index is 0.882. The quantitative estimate of drug-likeness (QED) is 0.763. The van der Waals surface area contributed by atoms with Gasteiger partial charge in [-0.25, -0.2) is 0 Å². The molecule has 1 nitrogen and oxygen atoms in total. The van der Waals surface area contributed by atoms with Crippen molar-refractivity contribution >= 4 is 0 Å². The third-order valence-corrected chi connectivity index (χ3v) is 5.85. The zero-order chi connectivity index (χ0) is 12.4. The van der Waals surface area contributed by atoms with Crippen molar-refractivity contribution in [3.05, 3.63) is 0 Å². The standard InChI is InChI=1S/C17H31N/c1-2-11-18-17(14-8-9-14)16-10-7-13-5-3-4-6-15(13)12-16/h13-18H,2-12H2,1H3. The van der Waals surface area contributed by atoms with E-state index in [1.54, 1.807) is 25.7 Å². The Morgan fingerprint density at radius 2 is 1.61 bits per heavy atom. The highest BCUT2D eigenvalue weighted by Gasteiger charge is 2.40. The number of hydrogen-bond donors (Lipinski definition) is 1. The van der Waals surface area contributed by atoms with Crippen molar-refractivity contribution in [2.45, 2.75) is 77.2 Å². The van der Waals surface area contributed by atoms with E-state index in [0.717, 1.165) is 29.7 Å². The normalized spacial score (nSPS) is 38.2. The molecule has 0 aliphatic heterocycles. The van der Waals surface area contributed by atoms with Gasteiger partial charge in [-0.15, -0.1) is 0 Å². The Morgan fingerprint density at radius 1 is 0.889 bits per heavy atom. The van der Waals surface area contributed by atoms with Gasteiger partial charge in [-0.3, -0.25) is 0 Å². The molecule has 0 aromatic heterocycles. The molecule has 3 aliphatic carbocycles. The van der Waals surface area contributed by atoms with Gasteiger partial charge >= 0.3 is 0 Å². The summed E-state index contributed by atoms with van der Waals surface area (Å²) >= 11 is 0. The Hall–Kier alpha value is -0.0400. The molecule has 3 saturated carbocycles. The van der Waals surface area contributed by atoms with E-state index in [1.165, 1.54) is 45.1 Å². The Bertz CT molecular complexity index is 258. The minimum atomic E-state index is 0.882. The average Bonchev–Trinajstić information content (AvgIpc) is 3.24. The minimum Gasteiger partial charge on any atom is -0.313 e. The van der Waals surface area contributed by atoms with Crippen molar-refractivity contribution < 1.29 is 0 Å². The molecule has 0 radical (unpaired) electrons. The second kappa shape index (κ2) is 5.94. The molecule has 18 heavy (non-hydrogen) atoms. The van der Waals surface area contributed by atoms with E-state index in [2.05, 4.69) is 12.2 Å². The molecule has 0 bridgehead atoms. The van der Waals surface area contributed by atoms with E-state index in [0.29, 0.717) is 0 Å². The van der Waals surface area contributed by atoms with Gasteiger partial charge in [0.25, 0.3) is 0 Å². The molecular weight excluding hydrogens is 218 g/mol. The Kier molecular flexibility index (Phi) is 4.28. The van der Waals surface area contributed by atoms with Crippen molar-refractivity contribution in [1.29, 1.82) is 0 Å². The highest BCUT2D eigenvalue weighted by molar-refractivity contribution is 4.95. The van der Waals surface area contributed by atoms with E-state index < -0.39 is 0 Å². The molecule has 1 heteroatoms.